The molecule has 3 aromatic rings. The summed E-state index contributed by atoms with van der Waals surface area (Å²) in [6, 6.07) is 2.19. The number of anilines is 1. The van der Waals surface area contributed by atoms with Crippen molar-refractivity contribution in [2.75, 3.05) is 5.32 Å². The zero-order valence-corrected chi connectivity index (χ0v) is 15.2. The normalized spacial score (nSPS) is 13.0. The fourth-order valence-corrected chi connectivity index (χ4v) is 3.19. The summed E-state index contributed by atoms with van der Waals surface area (Å²) in [4.78, 5) is 0. The minimum Gasteiger partial charge on any atom is -0.375 e. The van der Waals surface area contributed by atoms with E-state index in [0.717, 1.165) is 29.3 Å². The van der Waals surface area contributed by atoms with Crippen molar-refractivity contribution in [3.8, 4) is 0 Å². The molecule has 0 aliphatic heterocycles. The van der Waals surface area contributed by atoms with Gasteiger partial charge in [-0.25, -0.2) is 0 Å². The number of fused-ring (bicyclic) bond motifs is 1. The molecular formula is C17H25N7. The lowest BCUT2D eigenvalue weighted by atomic mass is 10.1. The Morgan fingerprint density at radius 2 is 1.92 bits per heavy atom. The Bertz CT molecular complexity index is 859. The quantitative estimate of drug-likeness (QED) is 0.778. The van der Waals surface area contributed by atoms with E-state index in [1.165, 1.54) is 11.3 Å². The van der Waals surface area contributed by atoms with Crippen LogP contribution in [0.4, 0.5) is 5.69 Å². The lowest BCUT2D eigenvalue weighted by Crippen LogP contribution is -2.12. The molecule has 0 bridgehead atoms. The van der Waals surface area contributed by atoms with Crippen LogP contribution in [-0.4, -0.2) is 29.6 Å². The van der Waals surface area contributed by atoms with Gasteiger partial charge < -0.3 is 5.32 Å². The molecule has 1 unspecified atom stereocenters. The van der Waals surface area contributed by atoms with Gasteiger partial charge in [0.1, 0.15) is 6.33 Å². The maximum absolute atomic E-state index is 4.62. The summed E-state index contributed by atoms with van der Waals surface area (Å²) in [5.41, 5.74) is 6.19. The zero-order valence-electron chi connectivity index (χ0n) is 15.2. The Hall–Kier alpha value is -2.44. The topological polar surface area (TPSA) is 72.9 Å². The van der Waals surface area contributed by atoms with Crippen LogP contribution in [0.25, 0.3) is 5.65 Å². The monoisotopic (exact) mass is 327 g/mol. The minimum absolute atomic E-state index is 0.119. The maximum Gasteiger partial charge on any atom is 0.200 e. The second-order valence-corrected chi connectivity index (χ2v) is 6.50. The molecule has 0 aromatic carbocycles. The van der Waals surface area contributed by atoms with E-state index in [1.54, 1.807) is 10.8 Å². The molecule has 1 N–H and O–H groups in total. The Labute approximate surface area is 142 Å². The molecule has 0 aliphatic carbocycles. The molecular weight excluding hydrogens is 302 g/mol. The molecule has 3 heterocycles. The van der Waals surface area contributed by atoms with Crippen molar-refractivity contribution in [3.63, 3.8) is 0 Å². The molecule has 0 saturated carbocycles. The van der Waals surface area contributed by atoms with Gasteiger partial charge in [0.2, 0.25) is 5.65 Å². The summed E-state index contributed by atoms with van der Waals surface area (Å²) in [6.07, 6.45) is 1.64. The van der Waals surface area contributed by atoms with Crippen molar-refractivity contribution in [2.45, 2.75) is 60.0 Å². The van der Waals surface area contributed by atoms with Crippen LogP contribution in [0.15, 0.2) is 12.4 Å². The van der Waals surface area contributed by atoms with E-state index in [9.17, 15) is 0 Å². The molecule has 0 fully saturated rings. The van der Waals surface area contributed by atoms with E-state index in [2.05, 4.69) is 73.3 Å². The van der Waals surface area contributed by atoms with Crippen LogP contribution in [0.2, 0.25) is 0 Å². The van der Waals surface area contributed by atoms with Gasteiger partial charge in [0.25, 0.3) is 0 Å². The summed E-state index contributed by atoms with van der Waals surface area (Å²) in [5.74, 6) is 0.332. The van der Waals surface area contributed by atoms with Gasteiger partial charge in [0.15, 0.2) is 0 Å². The summed E-state index contributed by atoms with van der Waals surface area (Å²) in [5, 5.41) is 21.0. The van der Waals surface area contributed by atoms with Crippen LogP contribution in [0, 0.1) is 13.8 Å². The van der Waals surface area contributed by atoms with Gasteiger partial charge in [-0.15, -0.1) is 10.2 Å². The SMILES string of the molecule is CCn1nc(C)c(C(C)Nc2cc(C(C)C)nn3cnnc23)c1C. The molecule has 0 amide bonds. The van der Waals surface area contributed by atoms with Gasteiger partial charge >= 0.3 is 0 Å². The first kappa shape index (κ1) is 16.4. The minimum atomic E-state index is 0.119. The maximum atomic E-state index is 4.62. The van der Waals surface area contributed by atoms with Crippen LogP contribution in [0.1, 0.15) is 62.3 Å². The van der Waals surface area contributed by atoms with Crippen LogP contribution in [0.3, 0.4) is 0 Å². The molecule has 0 aliphatic rings. The molecule has 24 heavy (non-hydrogen) atoms. The molecule has 0 saturated heterocycles. The second-order valence-electron chi connectivity index (χ2n) is 6.50. The van der Waals surface area contributed by atoms with Crippen LogP contribution in [0.5, 0.6) is 0 Å². The third-order valence-electron chi connectivity index (χ3n) is 4.42. The van der Waals surface area contributed by atoms with Gasteiger partial charge in [0, 0.05) is 17.8 Å². The predicted octanol–water partition coefficient (Wildman–Crippen LogP) is 3.25. The predicted molar refractivity (Wildman–Crippen MR) is 94.3 cm³/mol. The summed E-state index contributed by atoms with van der Waals surface area (Å²) < 4.78 is 3.78. The van der Waals surface area contributed by atoms with E-state index in [0.29, 0.717) is 5.92 Å². The van der Waals surface area contributed by atoms with Crippen molar-refractivity contribution in [1.29, 1.82) is 0 Å². The van der Waals surface area contributed by atoms with Crippen molar-refractivity contribution in [2.24, 2.45) is 0 Å². The van der Waals surface area contributed by atoms with Gasteiger partial charge in [-0.2, -0.15) is 14.7 Å². The molecule has 128 valence electrons. The van der Waals surface area contributed by atoms with Gasteiger partial charge in [-0.3, -0.25) is 4.68 Å². The smallest absolute Gasteiger partial charge is 0.200 e. The average molecular weight is 327 g/mol. The molecule has 0 spiro atoms. The van der Waals surface area contributed by atoms with Crippen LogP contribution >= 0.6 is 0 Å². The molecule has 3 aromatic heterocycles. The highest BCUT2D eigenvalue weighted by molar-refractivity contribution is 5.67. The van der Waals surface area contributed by atoms with E-state index in [-0.39, 0.29) is 6.04 Å². The van der Waals surface area contributed by atoms with Crippen molar-refractivity contribution in [3.05, 3.63) is 35.0 Å². The third kappa shape index (κ3) is 2.74. The third-order valence-corrected chi connectivity index (χ3v) is 4.42. The Morgan fingerprint density at radius 3 is 2.54 bits per heavy atom. The number of rotatable bonds is 5. The second kappa shape index (κ2) is 6.22. The van der Waals surface area contributed by atoms with Crippen LogP contribution < -0.4 is 5.32 Å². The van der Waals surface area contributed by atoms with E-state index >= 15 is 0 Å². The summed E-state index contributed by atoms with van der Waals surface area (Å²) in [6.45, 7) is 13.6. The van der Waals surface area contributed by atoms with Gasteiger partial charge in [-0.05, 0) is 39.7 Å². The fraction of sp³-hybridized carbons (Fsp3) is 0.529. The number of hydrogen-bond donors (Lipinski definition) is 1. The standard InChI is InChI=1S/C17H25N7/c1-7-23-13(6)16(12(5)21-23)11(4)19-15-8-14(10(2)3)22-24-9-18-20-17(15)24/h8-11,19H,7H2,1-6H3. The first-order valence-corrected chi connectivity index (χ1v) is 8.43. The summed E-state index contributed by atoms with van der Waals surface area (Å²) >= 11 is 0. The molecule has 3 rings (SSSR count). The largest absolute Gasteiger partial charge is 0.375 e. The van der Waals surface area contributed by atoms with Gasteiger partial charge in [-0.1, -0.05) is 13.8 Å². The molecule has 7 heteroatoms. The Morgan fingerprint density at radius 1 is 1.17 bits per heavy atom. The van der Waals surface area contributed by atoms with Crippen molar-refractivity contribution >= 4 is 11.3 Å². The number of aromatic nitrogens is 6. The zero-order chi connectivity index (χ0) is 17.4. The number of hydrogen-bond acceptors (Lipinski definition) is 5. The lowest BCUT2D eigenvalue weighted by Gasteiger charge is -2.18. The highest BCUT2D eigenvalue weighted by Crippen LogP contribution is 2.28. The number of nitrogens with zero attached hydrogens (tertiary/aromatic N) is 6. The van der Waals surface area contributed by atoms with E-state index in [4.69, 9.17) is 0 Å². The average Bonchev–Trinajstić information content (AvgIpc) is 3.11. The summed E-state index contributed by atoms with van der Waals surface area (Å²) in [7, 11) is 0. The first-order chi connectivity index (χ1) is 11.4. The molecule has 7 nitrogen and oxygen atoms in total. The fourth-order valence-electron chi connectivity index (χ4n) is 3.19. The first-order valence-electron chi connectivity index (χ1n) is 8.43. The van der Waals surface area contributed by atoms with Crippen LogP contribution in [-0.2, 0) is 6.54 Å². The number of nitrogens with one attached hydrogen (secondary N) is 1. The van der Waals surface area contributed by atoms with Crippen molar-refractivity contribution in [1.82, 2.24) is 29.6 Å². The van der Waals surface area contributed by atoms with Crippen molar-refractivity contribution < 1.29 is 0 Å². The Kier molecular flexibility index (Phi) is 4.26. The molecule has 1 atom stereocenters. The highest BCUT2D eigenvalue weighted by atomic mass is 15.3. The van der Waals surface area contributed by atoms with E-state index < -0.39 is 0 Å². The van der Waals surface area contributed by atoms with Gasteiger partial charge in [0.05, 0.1) is 23.1 Å². The van der Waals surface area contributed by atoms with E-state index in [1.807, 2.05) is 4.68 Å². The molecule has 0 radical (unpaired) electrons. The highest BCUT2D eigenvalue weighted by Gasteiger charge is 2.19. The Balaban J connectivity index is 2.00. The number of aryl methyl sites for hydroxylation is 2. The lowest BCUT2D eigenvalue weighted by molar-refractivity contribution is 0.632.